The van der Waals surface area contributed by atoms with Gasteiger partial charge in [0.1, 0.15) is 0 Å². The van der Waals surface area contributed by atoms with E-state index < -0.39 is 0 Å². The Morgan fingerprint density at radius 3 is 2.55 bits per heavy atom. The molecule has 1 aliphatic heterocycles. The van der Waals surface area contributed by atoms with Gasteiger partial charge in [0.2, 0.25) is 0 Å². The largest absolute Gasteiger partial charge is 0.344 e. The number of hydrogen-bond acceptors (Lipinski definition) is 1. The fraction of sp³-hybridized carbons (Fsp3) is 0.333. The van der Waals surface area contributed by atoms with E-state index >= 15 is 0 Å². The first-order valence-electron chi connectivity index (χ1n) is 8.48. The smallest absolute Gasteiger partial charge is 0.0481 e. The summed E-state index contributed by atoms with van der Waals surface area (Å²) in [5.41, 5.74) is 5.48. The van der Waals surface area contributed by atoms with E-state index in [1.165, 1.54) is 54.5 Å². The molecule has 0 N–H and O–H groups in total. The maximum Gasteiger partial charge on any atom is 0.0481 e. The summed E-state index contributed by atoms with van der Waals surface area (Å²) in [5.74, 6) is 0. The van der Waals surface area contributed by atoms with Crippen LogP contribution in [0.2, 0.25) is 0 Å². The number of fused-ring (bicyclic) bond motifs is 1. The molecule has 2 aromatic rings. The predicted molar refractivity (Wildman–Crippen MR) is 95.9 cm³/mol. The molecular formula is C21H25N. The van der Waals surface area contributed by atoms with Crippen molar-refractivity contribution in [1.82, 2.24) is 0 Å². The van der Waals surface area contributed by atoms with Crippen LogP contribution in [0, 0.1) is 0 Å². The second kappa shape index (κ2) is 7.31. The number of benzene rings is 2. The van der Waals surface area contributed by atoms with Gasteiger partial charge in [-0.1, -0.05) is 62.6 Å². The molecule has 0 bridgehead atoms. The highest BCUT2D eigenvalue weighted by molar-refractivity contribution is 5.64. The molecule has 22 heavy (non-hydrogen) atoms. The molecule has 0 unspecified atom stereocenters. The Morgan fingerprint density at radius 2 is 1.73 bits per heavy atom. The molecule has 114 valence electrons. The Bertz CT molecular complexity index is 625. The molecule has 3 rings (SSSR count). The standard InChI is InChI=1S/C21H25N/c1-2-3-4-5-8-18-11-13-21(14-12-18)22-16-15-19-9-6-7-10-20(19)17-22/h6-7,9-16H,2-5,8,17H2,1H3. The predicted octanol–water partition coefficient (Wildman–Crippen LogP) is 5.80. The minimum atomic E-state index is 0.961. The Morgan fingerprint density at radius 1 is 0.909 bits per heavy atom. The van der Waals surface area contributed by atoms with Gasteiger partial charge < -0.3 is 4.90 Å². The zero-order valence-electron chi connectivity index (χ0n) is 13.5. The molecule has 0 fully saturated rings. The summed E-state index contributed by atoms with van der Waals surface area (Å²) in [7, 11) is 0. The molecule has 1 heteroatoms. The van der Waals surface area contributed by atoms with E-state index in [9.17, 15) is 0 Å². The van der Waals surface area contributed by atoms with Crippen molar-refractivity contribution in [2.24, 2.45) is 0 Å². The average Bonchev–Trinajstić information content (AvgIpc) is 2.59. The second-order valence-corrected chi connectivity index (χ2v) is 6.12. The van der Waals surface area contributed by atoms with Crippen molar-refractivity contribution in [1.29, 1.82) is 0 Å². The SMILES string of the molecule is CCCCCCc1ccc(N2C=Cc3ccccc3C2)cc1. The molecule has 1 heterocycles. The highest BCUT2D eigenvalue weighted by atomic mass is 15.1. The lowest BCUT2D eigenvalue weighted by Gasteiger charge is -2.25. The summed E-state index contributed by atoms with van der Waals surface area (Å²) < 4.78 is 0. The van der Waals surface area contributed by atoms with E-state index in [1.54, 1.807) is 0 Å². The summed E-state index contributed by atoms with van der Waals surface area (Å²) in [4.78, 5) is 2.32. The van der Waals surface area contributed by atoms with Gasteiger partial charge >= 0.3 is 0 Å². The number of hydrogen-bond donors (Lipinski definition) is 0. The van der Waals surface area contributed by atoms with Crippen LogP contribution in [0.3, 0.4) is 0 Å². The fourth-order valence-corrected chi connectivity index (χ4v) is 3.03. The zero-order valence-corrected chi connectivity index (χ0v) is 13.5. The Hall–Kier alpha value is -2.02. The van der Waals surface area contributed by atoms with E-state index in [2.05, 4.69) is 72.6 Å². The van der Waals surface area contributed by atoms with E-state index in [1.807, 2.05) is 0 Å². The average molecular weight is 291 g/mol. The monoisotopic (exact) mass is 291 g/mol. The van der Waals surface area contributed by atoms with Gasteiger partial charge in [-0.2, -0.15) is 0 Å². The van der Waals surface area contributed by atoms with Crippen molar-refractivity contribution in [3.63, 3.8) is 0 Å². The van der Waals surface area contributed by atoms with Crippen molar-refractivity contribution in [2.45, 2.75) is 45.6 Å². The minimum Gasteiger partial charge on any atom is -0.344 e. The molecule has 0 radical (unpaired) electrons. The normalized spacial score (nSPS) is 13.2. The van der Waals surface area contributed by atoms with Crippen LogP contribution in [0.15, 0.2) is 54.7 Å². The first-order chi connectivity index (χ1) is 10.9. The lowest BCUT2D eigenvalue weighted by atomic mass is 10.0. The lowest BCUT2D eigenvalue weighted by Crippen LogP contribution is -2.18. The molecule has 0 amide bonds. The molecule has 1 nitrogen and oxygen atoms in total. The Kier molecular flexibility index (Phi) is 4.95. The maximum absolute atomic E-state index is 2.32. The number of unbranched alkanes of at least 4 members (excludes halogenated alkanes) is 3. The number of aryl methyl sites for hydroxylation is 1. The van der Waals surface area contributed by atoms with Gasteiger partial charge in [0, 0.05) is 18.4 Å². The van der Waals surface area contributed by atoms with Crippen LogP contribution in [-0.2, 0) is 13.0 Å². The Labute approximate surface area is 134 Å². The van der Waals surface area contributed by atoms with E-state index in [4.69, 9.17) is 0 Å². The highest BCUT2D eigenvalue weighted by Crippen LogP contribution is 2.25. The van der Waals surface area contributed by atoms with Crippen molar-refractivity contribution in [2.75, 3.05) is 4.90 Å². The molecule has 2 aromatic carbocycles. The molecule has 0 saturated heterocycles. The highest BCUT2D eigenvalue weighted by Gasteiger charge is 2.11. The summed E-state index contributed by atoms with van der Waals surface area (Å²) in [6.45, 7) is 3.22. The lowest BCUT2D eigenvalue weighted by molar-refractivity contribution is 0.667. The second-order valence-electron chi connectivity index (χ2n) is 6.12. The third-order valence-corrected chi connectivity index (χ3v) is 4.42. The van der Waals surface area contributed by atoms with Gasteiger partial charge in [-0.25, -0.2) is 0 Å². The van der Waals surface area contributed by atoms with E-state index in [0.29, 0.717) is 0 Å². The van der Waals surface area contributed by atoms with Gasteiger partial charge in [-0.15, -0.1) is 0 Å². The van der Waals surface area contributed by atoms with Gasteiger partial charge in [-0.3, -0.25) is 0 Å². The molecule has 0 aromatic heterocycles. The van der Waals surface area contributed by atoms with Crippen LogP contribution in [0.25, 0.3) is 6.08 Å². The third kappa shape index (κ3) is 3.59. The van der Waals surface area contributed by atoms with Crippen LogP contribution in [0.4, 0.5) is 5.69 Å². The van der Waals surface area contributed by atoms with Crippen molar-refractivity contribution in [3.05, 3.63) is 71.4 Å². The fourth-order valence-electron chi connectivity index (χ4n) is 3.03. The Balaban J connectivity index is 1.62. The topological polar surface area (TPSA) is 3.24 Å². The summed E-state index contributed by atoms with van der Waals surface area (Å²) in [5, 5.41) is 0. The molecule has 0 saturated carbocycles. The molecule has 0 atom stereocenters. The third-order valence-electron chi connectivity index (χ3n) is 4.42. The number of rotatable bonds is 6. The van der Waals surface area contributed by atoms with Crippen LogP contribution < -0.4 is 4.90 Å². The van der Waals surface area contributed by atoms with E-state index in [0.717, 1.165) is 6.54 Å². The van der Waals surface area contributed by atoms with Crippen molar-refractivity contribution < 1.29 is 0 Å². The summed E-state index contributed by atoms with van der Waals surface area (Å²) in [6.07, 6.45) is 10.9. The van der Waals surface area contributed by atoms with E-state index in [-0.39, 0.29) is 0 Å². The molecule has 1 aliphatic rings. The zero-order chi connectivity index (χ0) is 15.2. The van der Waals surface area contributed by atoms with Gasteiger partial charge in [0.15, 0.2) is 0 Å². The summed E-state index contributed by atoms with van der Waals surface area (Å²) in [6, 6.07) is 17.7. The molecule has 0 spiro atoms. The maximum atomic E-state index is 2.32. The van der Waals surface area contributed by atoms with Crippen molar-refractivity contribution in [3.8, 4) is 0 Å². The van der Waals surface area contributed by atoms with Crippen molar-refractivity contribution >= 4 is 11.8 Å². The van der Waals surface area contributed by atoms with Gasteiger partial charge in [-0.05, 0) is 47.7 Å². The molecule has 0 aliphatic carbocycles. The van der Waals surface area contributed by atoms with Gasteiger partial charge in [0.05, 0.1) is 0 Å². The van der Waals surface area contributed by atoms with Crippen LogP contribution in [-0.4, -0.2) is 0 Å². The van der Waals surface area contributed by atoms with Crippen LogP contribution in [0.1, 0.15) is 49.3 Å². The molecular weight excluding hydrogens is 266 g/mol. The quantitative estimate of drug-likeness (QED) is 0.608. The van der Waals surface area contributed by atoms with Crippen LogP contribution in [0.5, 0.6) is 0 Å². The minimum absolute atomic E-state index is 0.961. The number of nitrogens with zero attached hydrogens (tertiary/aromatic N) is 1. The first-order valence-corrected chi connectivity index (χ1v) is 8.48. The first kappa shape index (κ1) is 14.9. The summed E-state index contributed by atoms with van der Waals surface area (Å²) >= 11 is 0. The van der Waals surface area contributed by atoms with Crippen LogP contribution >= 0.6 is 0 Å². The number of anilines is 1. The van der Waals surface area contributed by atoms with Gasteiger partial charge in [0.25, 0.3) is 0 Å².